The van der Waals surface area contributed by atoms with E-state index in [1.165, 1.54) is 0 Å². The van der Waals surface area contributed by atoms with Gasteiger partial charge in [0.1, 0.15) is 0 Å². The molecule has 0 aromatic carbocycles. The largest absolute Gasteiger partial charge is 0.311 e. The number of hydrogen-bond donors (Lipinski definition) is 1. The zero-order chi connectivity index (χ0) is 12.4. The molecule has 1 aliphatic rings. The summed E-state index contributed by atoms with van der Waals surface area (Å²) in [5.74, 6) is 0.625. The van der Waals surface area contributed by atoms with Gasteiger partial charge in [0.2, 0.25) is 0 Å². The van der Waals surface area contributed by atoms with Gasteiger partial charge >= 0.3 is 0 Å². The van der Waals surface area contributed by atoms with Gasteiger partial charge in [0.25, 0.3) is 0 Å². The van der Waals surface area contributed by atoms with Gasteiger partial charge in [-0.2, -0.15) is 0 Å². The van der Waals surface area contributed by atoms with E-state index in [-0.39, 0.29) is 5.54 Å². The molecule has 1 fully saturated rings. The fourth-order valence-electron chi connectivity index (χ4n) is 1.75. The molecule has 0 aliphatic carbocycles. The number of nitrogens with one attached hydrogen (secondary N) is 1. The summed E-state index contributed by atoms with van der Waals surface area (Å²) in [6, 6.07) is 0.398. The van der Waals surface area contributed by atoms with Crippen LogP contribution in [0.15, 0.2) is 0 Å². The molecule has 0 amide bonds. The Morgan fingerprint density at radius 1 is 1.25 bits per heavy atom. The predicted octanol–water partition coefficient (Wildman–Crippen LogP) is 0.493. The van der Waals surface area contributed by atoms with Gasteiger partial charge in [-0.25, -0.2) is 8.42 Å². The first-order valence-electron chi connectivity index (χ1n) is 5.89. The van der Waals surface area contributed by atoms with Crippen LogP contribution in [-0.4, -0.2) is 56.0 Å². The molecule has 0 radical (unpaired) electrons. The molecule has 5 heteroatoms. The van der Waals surface area contributed by atoms with E-state index in [1.807, 2.05) is 0 Å². The molecule has 0 aromatic rings. The van der Waals surface area contributed by atoms with Crippen LogP contribution < -0.4 is 5.32 Å². The van der Waals surface area contributed by atoms with Crippen molar-refractivity contribution >= 4 is 9.84 Å². The maximum absolute atomic E-state index is 11.3. The van der Waals surface area contributed by atoms with Crippen LogP contribution in [0.4, 0.5) is 0 Å². The van der Waals surface area contributed by atoms with Crippen molar-refractivity contribution in [1.82, 2.24) is 10.2 Å². The normalized spacial score (nSPS) is 24.2. The highest BCUT2D eigenvalue weighted by Gasteiger charge is 2.25. The smallest absolute Gasteiger partial charge is 0.152 e. The minimum absolute atomic E-state index is 0.121. The third-order valence-corrected chi connectivity index (χ3v) is 4.54. The molecule has 1 saturated heterocycles. The molecular weight excluding hydrogens is 224 g/mol. The van der Waals surface area contributed by atoms with Gasteiger partial charge in [0.05, 0.1) is 11.5 Å². The Balaban J connectivity index is 2.36. The maximum atomic E-state index is 11.3. The molecule has 1 aliphatic heterocycles. The van der Waals surface area contributed by atoms with E-state index in [4.69, 9.17) is 0 Å². The first kappa shape index (κ1) is 13.9. The zero-order valence-electron chi connectivity index (χ0n) is 10.8. The Kier molecular flexibility index (Phi) is 4.37. The third kappa shape index (κ3) is 4.80. The Hall–Kier alpha value is -0.130. The summed E-state index contributed by atoms with van der Waals surface area (Å²) in [6.07, 6.45) is 0. The van der Waals surface area contributed by atoms with E-state index < -0.39 is 9.84 Å². The van der Waals surface area contributed by atoms with Crippen molar-refractivity contribution in [3.63, 3.8) is 0 Å². The van der Waals surface area contributed by atoms with Crippen LogP contribution in [0.5, 0.6) is 0 Å². The van der Waals surface area contributed by atoms with Crippen molar-refractivity contribution in [2.75, 3.05) is 31.1 Å². The molecule has 0 spiro atoms. The molecule has 0 saturated carbocycles. The third-order valence-electron chi connectivity index (χ3n) is 2.93. The average molecular weight is 248 g/mol. The highest BCUT2D eigenvalue weighted by Crippen LogP contribution is 2.08. The quantitative estimate of drug-likeness (QED) is 0.790. The SMILES string of the molecule is CC(CNC(C)(C)C)N1CCS(=O)(=O)CC1. The van der Waals surface area contributed by atoms with Crippen LogP contribution >= 0.6 is 0 Å². The monoisotopic (exact) mass is 248 g/mol. The lowest BCUT2D eigenvalue weighted by atomic mass is 10.1. The van der Waals surface area contributed by atoms with Gasteiger partial charge in [-0.3, -0.25) is 4.90 Å². The number of hydrogen-bond acceptors (Lipinski definition) is 4. The second kappa shape index (κ2) is 5.02. The van der Waals surface area contributed by atoms with Crippen molar-refractivity contribution < 1.29 is 8.42 Å². The summed E-state index contributed by atoms with van der Waals surface area (Å²) in [7, 11) is -2.75. The number of rotatable bonds is 3. The molecule has 1 unspecified atom stereocenters. The Labute approximate surface area is 99.3 Å². The lowest BCUT2D eigenvalue weighted by Gasteiger charge is -2.34. The molecule has 1 N–H and O–H groups in total. The van der Waals surface area contributed by atoms with Crippen molar-refractivity contribution in [3.05, 3.63) is 0 Å². The summed E-state index contributed by atoms with van der Waals surface area (Å²) in [6.45, 7) is 10.8. The topological polar surface area (TPSA) is 49.4 Å². The van der Waals surface area contributed by atoms with E-state index >= 15 is 0 Å². The minimum atomic E-state index is -2.75. The second-order valence-corrected chi connectivity index (χ2v) is 7.97. The summed E-state index contributed by atoms with van der Waals surface area (Å²) < 4.78 is 22.6. The Morgan fingerprint density at radius 2 is 1.75 bits per heavy atom. The number of nitrogens with zero attached hydrogens (tertiary/aromatic N) is 1. The van der Waals surface area contributed by atoms with Gasteiger partial charge in [0.15, 0.2) is 9.84 Å². The van der Waals surface area contributed by atoms with E-state index in [9.17, 15) is 8.42 Å². The molecule has 16 heavy (non-hydrogen) atoms. The summed E-state index contributed by atoms with van der Waals surface area (Å²) in [5, 5.41) is 3.45. The second-order valence-electron chi connectivity index (χ2n) is 5.67. The van der Waals surface area contributed by atoms with Gasteiger partial charge in [-0.15, -0.1) is 0 Å². The van der Waals surface area contributed by atoms with Crippen LogP contribution in [0.3, 0.4) is 0 Å². The highest BCUT2D eigenvalue weighted by atomic mass is 32.2. The molecule has 1 atom stereocenters. The molecule has 0 bridgehead atoms. The van der Waals surface area contributed by atoms with E-state index in [1.54, 1.807) is 0 Å². The molecule has 96 valence electrons. The summed E-state index contributed by atoms with van der Waals surface area (Å²) in [5.41, 5.74) is 0.121. The van der Waals surface area contributed by atoms with E-state index in [0.29, 0.717) is 30.6 Å². The average Bonchev–Trinajstić information content (AvgIpc) is 2.13. The Morgan fingerprint density at radius 3 is 2.19 bits per heavy atom. The summed E-state index contributed by atoms with van der Waals surface area (Å²) >= 11 is 0. The van der Waals surface area contributed by atoms with Gasteiger partial charge in [0, 0.05) is 31.2 Å². The fourth-order valence-corrected chi connectivity index (χ4v) is 2.98. The van der Waals surface area contributed by atoms with Crippen LogP contribution in [-0.2, 0) is 9.84 Å². The Bertz CT molecular complexity index is 305. The molecule has 0 aromatic heterocycles. The van der Waals surface area contributed by atoms with Crippen molar-refractivity contribution in [1.29, 1.82) is 0 Å². The van der Waals surface area contributed by atoms with E-state index in [2.05, 4.69) is 37.9 Å². The van der Waals surface area contributed by atoms with Crippen molar-refractivity contribution in [2.45, 2.75) is 39.3 Å². The minimum Gasteiger partial charge on any atom is -0.311 e. The maximum Gasteiger partial charge on any atom is 0.152 e. The van der Waals surface area contributed by atoms with Crippen LogP contribution in [0.2, 0.25) is 0 Å². The van der Waals surface area contributed by atoms with Crippen molar-refractivity contribution in [2.24, 2.45) is 0 Å². The van der Waals surface area contributed by atoms with Gasteiger partial charge in [-0.05, 0) is 27.7 Å². The fraction of sp³-hybridized carbons (Fsp3) is 1.00. The predicted molar refractivity (Wildman–Crippen MR) is 67.4 cm³/mol. The van der Waals surface area contributed by atoms with Crippen LogP contribution in [0, 0.1) is 0 Å². The molecule has 1 rings (SSSR count). The van der Waals surface area contributed by atoms with Crippen LogP contribution in [0.1, 0.15) is 27.7 Å². The lowest BCUT2D eigenvalue weighted by molar-refractivity contribution is 0.209. The first-order chi connectivity index (χ1) is 7.20. The van der Waals surface area contributed by atoms with Gasteiger partial charge in [-0.1, -0.05) is 0 Å². The molecule has 4 nitrogen and oxygen atoms in total. The molecule has 1 heterocycles. The first-order valence-corrected chi connectivity index (χ1v) is 7.71. The standard InChI is InChI=1S/C11H24N2O2S/c1-10(9-12-11(2,3)4)13-5-7-16(14,15)8-6-13/h10,12H,5-9H2,1-4H3. The summed E-state index contributed by atoms with van der Waals surface area (Å²) in [4.78, 5) is 2.25. The number of sulfone groups is 1. The van der Waals surface area contributed by atoms with Crippen molar-refractivity contribution in [3.8, 4) is 0 Å². The van der Waals surface area contributed by atoms with E-state index in [0.717, 1.165) is 6.54 Å². The van der Waals surface area contributed by atoms with Gasteiger partial charge < -0.3 is 5.32 Å². The lowest BCUT2D eigenvalue weighted by Crippen LogP contribution is -2.50. The van der Waals surface area contributed by atoms with Crippen LogP contribution in [0.25, 0.3) is 0 Å². The zero-order valence-corrected chi connectivity index (χ0v) is 11.6. The highest BCUT2D eigenvalue weighted by molar-refractivity contribution is 7.91. The molecular formula is C11H24N2O2S.